The second-order valence-electron chi connectivity index (χ2n) is 13.2. The van der Waals surface area contributed by atoms with Gasteiger partial charge in [0, 0.05) is 16.8 Å². The second-order valence-corrected chi connectivity index (χ2v) is 13.2. The Morgan fingerprint density at radius 3 is 1.67 bits per heavy atom. The Morgan fingerprint density at radius 2 is 0.896 bits per heavy atom. The molecule has 0 N–H and O–H groups in total. The van der Waals surface area contributed by atoms with E-state index >= 15 is 0 Å². The summed E-state index contributed by atoms with van der Waals surface area (Å²) in [5, 5.41) is 2.47. The van der Waals surface area contributed by atoms with E-state index in [1.54, 1.807) is 0 Å². The average Bonchev–Trinajstić information content (AvgIpc) is 3.75. The van der Waals surface area contributed by atoms with E-state index in [4.69, 9.17) is 0 Å². The Kier molecular flexibility index (Phi) is 5.10. The Hall–Kier alpha value is -6.18. The normalized spacial score (nSPS) is 15.6. The molecule has 8 aromatic carbocycles. The second kappa shape index (κ2) is 9.44. The Bertz CT molecular complexity index is 2570. The van der Waals surface area contributed by atoms with Crippen LogP contribution in [0.1, 0.15) is 22.3 Å². The molecule has 1 heteroatoms. The van der Waals surface area contributed by atoms with Gasteiger partial charge in [-0.15, -0.1) is 0 Å². The smallest absolute Gasteiger partial charge is 0.0737 e. The van der Waals surface area contributed by atoms with Crippen LogP contribution in [0, 0.1) is 0 Å². The molecule has 0 fully saturated rings. The van der Waals surface area contributed by atoms with E-state index in [0.717, 1.165) is 11.4 Å². The van der Waals surface area contributed by atoms with Gasteiger partial charge in [0.2, 0.25) is 0 Å². The summed E-state index contributed by atoms with van der Waals surface area (Å²) >= 11 is 0. The summed E-state index contributed by atoms with van der Waals surface area (Å²) in [5.41, 5.74) is 19.6. The van der Waals surface area contributed by atoms with Crippen molar-refractivity contribution in [2.24, 2.45) is 0 Å². The third-order valence-corrected chi connectivity index (χ3v) is 11.0. The van der Waals surface area contributed by atoms with E-state index < -0.39 is 0 Å². The predicted octanol–water partition coefficient (Wildman–Crippen LogP) is 12.3. The standard InChI is InChI=1S/C47H29N/c1-2-13-33(14-3-1)48(44-22-8-12-31-11-4-5-15-35(31)44)34-26-23-30(24-27-34)32-25-28-37-39-18-10-20-41-40-19-9-17-38-36-16-6-7-21-42(36)47(45(38)40,46(39)41)43(37)29-32/h1-29H. The molecule has 8 aromatic rings. The summed E-state index contributed by atoms with van der Waals surface area (Å²) < 4.78 is 0. The third kappa shape index (κ3) is 3.21. The van der Waals surface area contributed by atoms with Crippen LogP contribution < -0.4 is 4.90 Å². The molecule has 1 nitrogen and oxygen atoms in total. The zero-order valence-corrected chi connectivity index (χ0v) is 26.2. The summed E-state index contributed by atoms with van der Waals surface area (Å²) in [5.74, 6) is 0. The van der Waals surface area contributed by atoms with Crippen LogP contribution >= 0.6 is 0 Å². The highest BCUT2D eigenvalue weighted by atomic mass is 15.1. The van der Waals surface area contributed by atoms with Gasteiger partial charge in [-0.1, -0.05) is 140 Å². The Balaban J connectivity index is 1.08. The topological polar surface area (TPSA) is 3.24 Å². The molecule has 0 radical (unpaired) electrons. The van der Waals surface area contributed by atoms with Crippen molar-refractivity contribution in [2.75, 3.05) is 4.90 Å². The number of anilines is 3. The van der Waals surface area contributed by atoms with Crippen molar-refractivity contribution < 1.29 is 0 Å². The van der Waals surface area contributed by atoms with Crippen molar-refractivity contribution in [1.82, 2.24) is 0 Å². The molecule has 0 bridgehead atoms. The number of nitrogens with zero attached hydrogens (tertiary/aromatic N) is 1. The van der Waals surface area contributed by atoms with E-state index in [1.807, 2.05) is 0 Å². The van der Waals surface area contributed by atoms with Gasteiger partial charge in [-0.3, -0.25) is 0 Å². The van der Waals surface area contributed by atoms with Crippen molar-refractivity contribution in [3.8, 4) is 44.5 Å². The van der Waals surface area contributed by atoms with Gasteiger partial charge >= 0.3 is 0 Å². The molecule has 222 valence electrons. The fraction of sp³-hybridized carbons (Fsp3) is 0.0213. The minimum absolute atomic E-state index is 0.266. The molecule has 48 heavy (non-hydrogen) atoms. The lowest BCUT2D eigenvalue weighted by Crippen LogP contribution is -2.23. The highest BCUT2D eigenvalue weighted by Gasteiger charge is 2.57. The van der Waals surface area contributed by atoms with Crippen LogP contribution in [0.5, 0.6) is 0 Å². The molecule has 3 aliphatic carbocycles. The third-order valence-electron chi connectivity index (χ3n) is 11.0. The minimum Gasteiger partial charge on any atom is -0.310 e. The van der Waals surface area contributed by atoms with Crippen molar-refractivity contribution in [2.45, 2.75) is 5.41 Å². The van der Waals surface area contributed by atoms with E-state index in [-0.39, 0.29) is 5.41 Å². The molecule has 0 saturated heterocycles. The van der Waals surface area contributed by atoms with E-state index in [0.29, 0.717) is 0 Å². The summed E-state index contributed by atoms with van der Waals surface area (Å²) in [6.45, 7) is 0. The lowest BCUT2D eigenvalue weighted by molar-refractivity contribution is 0.818. The average molecular weight is 608 g/mol. The molecule has 3 aliphatic rings. The summed E-state index contributed by atoms with van der Waals surface area (Å²) in [6.07, 6.45) is 0. The zero-order valence-electron chi connectivity index (χ0n) is 26.2. The maximum atomic E-state index is 2.49. The molecule has 0 amide bonds. The number of rotatable bonds is 4. The van der Waals surface area contributed by atoms with Crippen LogP contribution in [0.2, 0.25) is 0 Å². The van der Waals surface area contributed by atoms with Gasteiger partial charge in [-0.25, -0.2) is 0 Å². The highest BCUT2D eigenvalue weighted by molar-refractivity contribution is 6.06. The van der Waals surface area contributed by atoms with Crippen LogP contribution in [-0.2, 0) is 5.41 Å². The van der Waals surface area contributed by atoms with E-state index in [9.17, 15) is 0 Å². The highest BCUT2D eigenvalue weighted by Crippen LogP contribution is 2.70. The maximum absolute atomic E-state index is 2.49. The van der Waals surface area contributed by atoms with Crippen LogP contribution in [0.15, 0.2) is 176 Å². The molecule has 0 aliphatic heterocycles. The lowest BCUT2D eigenvalue weighted by atomic mass is 9.73. The molecule has 11 rings (SSSR count). The van der Waals surface area contributed by atoms with Gasteiger partial charge in [0.1, 0.15) is 0 Å². The summed E-state index contributed by atoms with van der Waals surface area (Å²) in [7, 11) is 0. The fourth-order valence-corrected chi connectivity index (χ4v) is 9.14. The summed E-state index contributed by atoms with van der Waals surface area (Å²) in [6, 6.07) is 65.1. The molecule has 1 spiro atoms. The quantitative estimate of drug-likeness (QED) is 0.192. The number of para-hydroxylation sites is 1. The number of fused-ring (bicyclic) bond motifs is 6. The van der Waals surface area contributed by atoms with Crippen LogP contribution in [0.25, 0.3) is 55.3 Å². The maximum Gasteiger partial charge on any atom is 0.0737 e. The first-order chi connectivity index (χ1) is 23.8. The molecule has 0 heterocycles. The molecule has 0 aromatic heterocycles. The fourth-order valence-electron chi connectivity index (χ4n) is 9.14. The first-order valence-electron chi connectivity index (χ1n) is 16.8. The van der Waals surface area contributed by atoms with Crippen LogP contribution in [-0.4, -0.2) is 0 Å². The number of hydrogen-bond donors (Lipinski definition) is 0. The van der Waals surface area contributed by atoms with Gasteiger partial charge in [-0.05, 0) is 109 Å². The van der Waals surface area contributed by atoms with Gasteiger partial charge in [0.25, 0.3) is 0 Å². The minimum atomic E-state index is -0.266. The van der Waals surface area contributed by atoms with Crippen LogP contribution in [0.3, 0.4) is 0 Å². The van der Waals surface area contributed by atoms with Crippen LogP contribution in [0.4, 0.5) is 17.1 Å². The van der Waals surface area contributed by atoms with Crippen molar-refractivity contribution >= 4 is 27.8 Å². The molecule has 1 atom stereocenters. The Labute approximate surface area is 280 Å². The lowest BCUT2D eigenvalue weighted by Gasteiger charge is -2.28. The van der Waals surface area contributed by atoms with Crippen molar-refractivity contribution in [3.63, 3.8) is 0 Å². The van der Waals surface area contributed by atoms with Gasteiger partial charge < -0.3 is 4.90 Å². The van der Waals surface area contributed by atoms with Crippen molar-refractivity contribution in [1.29, 1.82) is 0 Å². The molecule has 1 unspecified atom stereocenters. The number of benzene rings is 8. The SMILES string of the molecule is c1ccc(N(c2ccc(-c3ccc4c(c3)C35c6ccccc6-c6cccc(c63)-c3cccc-4c35)cc2)c2cccc3ccccc23)cc1. The summed E-state index contributed by atoms with van der Waals surface area (Å²) in [4.78, 5) is 2.37. The molecule has 0 saturated carbocycles. The first kappa shape index (κ1) is 25.9. The van der Waals surface area contributed by atoms with Gasteiger partial charge in [0.15, 0.2) is 0 Å². The van der Waals surface area contributed by atoms with E-state index in [2.05, 4.69) is 181 Å². The zero-order chi connectivity index (χ0) is 31.4. The van der Waals surface area contributed by atoms with Crippen molar-refractivity contribution in [3.05, 3.63) is 198 Å². The number of hydrogen-bond acceptors (Lipinski definition) is 1. The van der Waals surface area contributed by atoms with E-state index in [1.165, 1.54) is 83.2 Å². The largest absolute Gasteiger partial charge is 0.310 e. The van der Waals surface area contributed by atoms with Gasteiger partial charge in [0.05, 0.1) is 11.1 Å². The monoisotopic (exact) mass is 607 g/mol. The predicted molar refractivity (Wildman–Crippen MR) is 199 cm³/mol. The Morgan fingerprint density at radius 1 is 0.354 bits per heavy atom. The first-order valence-corrected chi connectivity index (χ1v) is 16.8. The molecular formula is C47H29N. The van der Waals surface area contributed by atoms with Gasteiger partial charge in [-0.2, -0.15) is 0 Å². The molecular weight excluding hydrogens is 579 g/mol.